The Hall–Kier alpha value is -0.610. The Kier molecular flexibility index (Phi) is 3.59. The second-order valence-corrected chi connectivity index (χ2v) is 4.00. The van der Waals surface area contributed by atoms with Crippen molar-refractivity contribution in [1.82, 2.24) is 0 Å². The van der Waals surface area contributed by atoms with Gasteiger partial charge in [0.1, 0.15) is 0 Å². The van der Waals surface area contributed by atoms with Gasteiger partial charge in [-0.15, -0.1) is 0 Å². The number of hydrogen-bond acceptors (Lipinski definition) is 3. The van der Waals surface area contributed by atoms with E-state index in [1.54, 1.807) is 0 Å². The predicted molar refractivity (Wildman–Crippen MR) is 58.7 cm³/mol. The molecule has 1 unspecified atom stereocenters. The highest BCUT2D eigenvalue weighted by Gasteiger charge is 2.20. The minimum atomic E-state index is -0.168. The van der Waals surface area contributed by atoms with E-state index in [1.807, 2.05) is 24.3 Å². The SMILES string of the molecule is NC(CC1OCCO1)c1cccc(Cl)c1. The fourth-order valence-electron chi connectivity index (χ4n) is 1.62. The highest BCUT2D eigenvalue weighted by Crippen LogP contribution is 2.22. The third-order valence-electron chi connectivity index (χ3n) is 2.41. The van der Waals surface area contributed by atoms with Crippen LogP contribution in [0.15, 0.2) is 24.3 Å². The Morgan fingerprint density at radius 3 is 2.80 bits per heavy atom. The first kappa shape index (κ1) is 10.9. The molecule has 2 N–H and O–H groups in total. The molecule has 3 nitrogen and oxygen atoms in total. The number of hydrogen-bond donors (Lipinski definition) is 1. The molecule has 1 heterocycles. The number of ether oxygens (including phenoxy) is 2. The summed E-state index contributed by atoms with van der Waals surface area (Å²) < 4.78 is 10.7. The average molecular weight is 228 g/mol. The van der Waals surface area contributed by atoms with Crippen molar-refractivity contribution in [2.45, 2.75) is 18.8 Å². The fraction of sp³-hybridized carbons (Fsp3) is 0.455. The lowest BCUT2D eigenvalue weighted by Gasteiger charge is -2.16. The van der Waals surface area contributed by atoms with E-state index in [2.05, 4.69) is 0 Å². The van der Waals surface area contributed by atoms with E-state index < -0.39 is 0 Å². The lowest BCUT2D eigenvalue weighted by Crippen LogP contribution is -2.19. The highest BCUT2D eigenvalue weighted by atomic mass is 35.5. The Balaban J connectivity index is 1.97. The summed E-state index contributed by atoms with van der Waals surface area (Å²) in [5.41, 5.74) is 7.04. The van der Waals surface area contributed by atoms with Crippen molar-refractivity contribution in [1.29, 1.82) is 0 Å². The van der Waals surface area contributed by atoms with Gasteiger partial charge in [0.25, 0.3) is 0 Å². The van der Waals surface area contributed by atoms with Crippen LogP contribution < -0.4 is 5.73 Å². The molecule has 0 spiro atoms. The summed E-state index contributed by atoms with van der Waals surface area (Å²) >= 11 is 5.89. The Morgan fingerprint density at radius 2 is 2.13 bits per heavy atom. The Bertz CT molecular complexity index is 326. The fourth-order valence-corrected chi connectivity index (χ4v) is 1.82. The molecule has 1 saturated heterocycles. The van der Waals surface area contributed by atoms with Crippen molar-refractivity contribution < 1.29 is 9.47 Å². The standard InChI is InChI=1S/C11H14ClNO2/c12-9-3-1-2-8(6-9)10(13)7-11-14-4-5-15-11/h1-3,6,10-11H,4-5,7,13H2. The lowest BCUT2D eigenvalue weighted by atomic mass is 10.0. The molecule has 0 amide bonds. The minimum Gasteiger partial charge on any atom is -0.350 e. The molecule has 1 aromatic rings. The highest BCUT2D eigenvalue weighted by molar-refractivity contribution is 6.30. The van der Waals surface area contributed by atoms with Gasteiger partial charge < -0.3 is 15.2 Å². The topological polar surface area (TPSA) is 44.5 Å². The second-order valence-electron chi connectivity index (χ2n) is 3.57. The zero-order valence-electron chi connectivity index (χ0n) is 8.36. The molecule has 0 aromatic heterocycles. The molecule has 0 bridgehead atoms. The normalized spacial score (nSPS) is 19.3. The van der Waals surface area contributed by atoms with E-state index in [1.165, 1.54) is 0 Å². The predicted octanol–water partition coefficient (Wildman–Crippen LogP) is 2.10. The summed E-state index contributed by atoms with van der Waals surface area (Å²) in [6, 6.07) is 7.48. The van der Waals surface area contributed by atoms with Gasteiger partial charge in [-0.3, -0.25) is 0 Å². The van der Waals surface area contributed by atoms with Crippen LogP contribution in [0.2, 0.25) is 5.02 Å². The lowest BCUT2D eigenvalue weighted by molar-refractivity contribution is -0.0507. The van der Waals surface area contributed by atoms with Gasteiger partial charge in [0.05, 0.1) is 13.2 Å². The summed E-state index contributed by atoms with van der Waals surface area (Å²) in [5, 5.41) is 0.705. The zero-order valence-corrected chi connectivity index (χ0v) is 9.11. The maximum absolute atomic E-state index is 6.03. The zero-order chi connectivity index (χ0) is 10.7. The largest absolute Gasteiger partial charge is 0.350 e. The molecular weight excluding hydrogens is 214 g/mol. The van der Waals surface area contributed by atoms with Crippen LogP contribution in [0.25, 0.3) is 0 Å². The van der Waals surface area contributed by atoms with Crippen LogP contribution in [0.5, 0.6) is 0 Å². The van der Waals surface area contributed by atoms with Gasteiger partial charge in [-0.1, -0.05) is 23.7 Å². The van der Waals surface area contributed by atoms with E-state index in [4.69, 9.17) is 26.8 Å². The first-order chi connectivity index (χ1) is 7.25. The van der Waals surface area contributed by atoms with Crippen molar-refractivity contribution in [3.63, 3.8) is 0 Å². The van der Waals surface area contributed by atoms with Gasteiger partial charge in [-0.05, 0) is 17.7 Å². The molecule has 0 aliphatic carbocycles. The van der Waals surface area contributed by atoms with Crippen LogP contribution in [0.4, 0.5) is 0 Å². The maximum Gasteiger partial charge on any atom is 0.159 e. The summed E-state index contributed by atoms with van der Waals surface area (Å²) in [6.45, 7) is 1.32. The minimum absolute atomic E-state index is 0.0909. The van der Waals surface area contributed by atoms with Crippen molar-refractivity contribution in [2.24, 2.45) is 5.73 Å². The van der Waals surface area contributed by atoms with Crippen LogP contribution in [0, 0.1) is 0 Å². The van der Waals surface area contributed by atoms with Crippen molar-refractivity contribution in [3.05, 3.63) is 34.9 Å². The molecule has 1 aromatic carbocycles. The molecule has 82 valence electrons. The number of benzene rings is 1. The third kappa shape index (κ3) is 2.92. The molecule has 1 aliphatic heterocycles. The van der Waals surface area contributed by atoms with Gasteiger partial charge in [-0.2, -0.15) is 0 Å². The quantitative estimate of drug-likeness (QED) is 0.860. The third-order valence-corrected chi connectivity index (χ3v) is 2.65. The van der Waals surface area contributed by atoms with Crippen LogP contribution in [0.3, 0.4) is 0 Å². The van der Waals surface area contributed by atoms with Gasteiger partial charge in [0, 0.05) is 17.5 Å². The molecule has 0 radical (unpaired) electrons. The molecule has 0 saturated carbocycles. The van der Waals surface area contributed by atoms with E-state index in [0.29, 0.717) is 24.7 Å². The van der Waals surface area contributed by atoms with Crippen molar-refractivity contribution in [2.75, 3.05) is 13.2 Å². The van der Waals surface area contributed by atoms with Crippen molar-refractivity contribution >= 4 is 11.6 Å². The van der Waals surface area contributed by atoms with Crippen LogP contribution in [0.1, 0.15) is 18.0 Å². The average Bonchev–Trinajstić information content (AvgIpc) is 2.70. The van der Waals surface area contributed by atoms with E-state index in [9.17, 15) is 0 Å². The molecular formula is C11H14ClNO2. The summed E-state index contributed by atoms with van der Waals surface area (Å²) in [6.07, 6.45) is 0.499. The van der Waals surface area contributed by atoms with E-state index >= 15 is 0 Å². The molecule has 4 heteroatoms. The smallest absolute Gasteiger partial charge is 0.159 e. The molecule has 1 fully saturated rings. The first-order valence-corrected chi connectivity index (χ1v) is 5.38. The molecule has 15 heavy (non-hydrogen) atoms. The molecule has 1 aliphatic rings. The summed E-state index contributed by atoms with van der Waals surface area (Å²) in [5.74, 6) is 0. The molecule has 1 atom stereocenters. The van der Waals surface area contributed by atoms with Crippen LogP contribution in [-0.4, -0.2) is 19.5 Å². The van der Waals surface area contributed by atoms with Gasteiger partial charge in [0.2, 0.25) is 0 Å². The number of rotatable bonds is 3. The summed E-state index contributed by atoms with van der Waals surface area (Å²) in [7, 11) is 0. The van der Waals surface area contributed by atoms with Gasteiger partial charge in [-0.25, -0.2) is 0 Å². The maximum atomic E-state index is 6.03. The summed E-state index contributed by atoms with van der Waals surface area (Å²) in [4.78, 5) is 0. The van der Waals surface area contributed by atoms with Gasteiger partial charge >= 0.3 is 0 Å². The van der Waals surface area contributed by atoms with Crippen LogP contribution >= 0.6 is 11.6 Å². The van der Waals surface area contributed by atoms with Crippen LogP contribution in [-0.2, 0) is 9.47 Å². The number of nitrogens with two attached hydrogens (primary N) is 1. The van der Waals surface area contributed by atoms with Gasteiger partial charge in [0.15, 0.2) is 6.29 Å². The number of halogens is 1. The van der Waals surface area contributed by atoms with E-state index in [0.717, 1.165) is 5.56 Å². The van der Waals surface area contributed by atoms with Crippen molar-refractivity contribution in [3.8, 4) is 0 Å². The van der Waals surface area contributed by atoms with E-state index in [-0.39, 0.29) is 12.3 Å². The monoisotopic (exact) mass is 227 g/mol. The first-order valence-electron chi connectivity index (χ1n) is 5.00. The molecule has 2 rings (SSSR count). The Labute approximate surface area is 94.1 Å². The second kappa shape index (κ2) is 4.94. The Morgan fingerprint density at radius 1 is 1.40 bits per heavy atom.